The molecule has 1 atom stereocenters. The summed E-state index contributed by atoms with van der Waals surface area (Å²) >= 11 is 2.15. The van der Waals surface area contributed by atoms with E-state index in [9.17, 15) is 8.42 Å². The lowest BCUT2D eigenvalue weighted by Gasteiger charge is -2.26. The van der Waals surface area contributed by atoms with Gasteiger partial charge >= 0.3 is 0 Å². The second kappa shape index (κ2) is 6.55. The number of sulfonamides is 1. The van der Waals surface area contributed by atoms with E-state index in [1.807, 2.05) is 24.3 Å². The van der Waals surface area contributed by atoms with Gasteiger partial charge in [-0.2, -0.15) is 0 Å². The van der Waals surface area contributed by atoms with E-state index in [-0.39, 0.29) is 17.5 Å². The average Bonchev–Trinajstić information content (AvgIpc) is 2.53. The summed E-state index contributed by atoms with van der Waals surface area (Å²) in [5.74, 6) is 0.854. The summed E-state index contributed by atoms with van der Waals surface area (Å²) in [5, 5.41) is 0. The first-order chi connectivity index (χ1) is 10.5. The predicted octanol–water partition coefficient (Wildman–Crippen LogP) is 2.96. The lowest BCUT2D eigenvalue weighted by molar-refractivity contribution is 0.177. The number of nitrogens with one attached hydrogen (secondary N) is 1. The van der Waals surface area contributed by atoms with Crippen LogP contribution in [0.4, 0.5) is 0 Å². The Morgan fingerprint density at radius 2 is 1.86 bits per heavy atom. The van der Waals surface area contributed by atoms with E-state index in [0.717, 1.165) is 22.2 Å². The lowest BCUT2D eigenvalue weighted by Crippen LogP contribution is -2.37. The van der Waals surface area contributed by atoms with E-state index in [0.29, 0.717) is 0 Å². The van der Waals surface area contributed by atoms with Gasteiger partial charge in [-0.3, -0.25) is 0 Å². The van der Waals surface area contributed by atoms with Crippen LogP contribution in [0.1, 0.15) is 12.0 Å². The zero-order valence-electron chi connectivity index (χ0n) is 11.8. The third-order valence-electron chi connectivity index (χ3n) is 3.63. The SMILES string of the molecule is O=S(=O)(NCC1CCc2ccccc2O1)c1ccc(I)cc1. The molecule has 0 spiro atoms. The summed E-state index contributed by atoms with van der Waals surface area (Å²) in [5.41, 5.74) is 1.18. The van der Waals surface area contributed by atoms with Crippen LogP contribution in [0.15, 0.2) is 53.4 Å². The fraction of sp³-hybridized carbons (Fsp3) is 0.250. The number of benzene rings is 2. The van der Waals surface area contributed by atoms with Crippen LogP contribution in [-0.4, -0.2) is 21.1 Å². The van der Waals surface area contributed by atoms with Gasteiger partial charge in [-0.05, 0) is 71.3 Å². The minimum absolute atomic E-state index is 0.131. The molecule has 1 heterocycles. The molecule has 1 aliphatic heterocycles. The predicted molar refractivity (Wildman–Crippen MR) is 93.5 cm³/mol. The Labute approximate surface area is 144 Å². The number of hydrogen-bond donors (Lipinski definition) is 1. The highest BCUT2D eigenvalue weighted by Crippen LogP contribution is 2.26. The minimum Gasteiger partial charge on any atom is -0.489 e. The largest absolute Gasteiger partial charge is 0.489 e. The maximum atomic E-state index is 12.3. The van der Waals surface area contributed by atoms with E-state index in [4.69, 9.17) is 4.74 Å². The first-order valence-corrected chi connectivity index (χ1v) is 9.60. The van der Waals surface area contributed by atoms with E-state index < -0.39 is 10.0 Å². The van der Waals surface area contributed by atoms with E-state index >= 15 is 0 Å². The van der Waals surface area contributed by atoms with Crippen LogP contribution >= 0.6 is 22.6 Å². The van der Waals surface area contributed by atoms with Gasteiger partial charge in [-0.15, -0.1) is 0 Å². The maximum Gasteiger partial charge on any atom is 0.240 e. The molecule has 4 nitrogen and oxygen atoms in total. The standard InChI is InChI=1S/C16H16INO3S/c17-13-6-9-15(10-7-13)22(19,20)18-11-14-8-5-12-3-1-2-4-16(12)21-14/h1-4,6-7,9-10,14,18H,5,8,11H2. The summed E-state index contributed by atoms with van der Waals surface area (Å²) in [6.45, 7) is 0.280. The summed E-state index contributed by atoms with van der Waals surface area (Å²) in [7, 11) is -3.49. The Morgan fingerprint density at radius 3 is 2.64 bits per heavy atom. The van der Waals surface area contributed by atoms with Crippen molar-refractivity contribution in [1.82, 2.24) is 4.72 Å². The van der Waals surface area contributed by atoms with Crippen molar-refractivity contribution < 1.29 is 13.2 Å². The average molecular weight is 429 g/mol. The molecule has 3 rings (SSSR count). The summed E-state index contributed by atoms with van der Waals surface area (Å²) in [4.78, 5) is 0.282. The van der Waals surface area contributed by atoms with Gasteiger partial charge in [0.05, 0.1) is 4.90 Å². The molecular weight excluding hydrogens is 413 g/mol. The van der Waals surface area contributed by atoms with Gasteiger partial charge in [0, 0.05) is 10.1 Å². The molecule has 0 amide bonds. The number of halogens is 1. The van der Waals surface area contributed by atoms with Crippen molar-refractivity contribution in [2.75, 3.05) is 6.54 Å². The summed E-state index contributed by atoms with van der Waals surface area (Å²) in [6, 6.07) is 14.7. The van der Waals surface area contributed by atoms with Gasteiger partial charge in [0.1, 0.15) is 11.9 Å². The second-order valence-electron chi connectivity index (χ2n) is 5.19. The zero-order valence-corrected chi connectivity index (χ0v) is 14.8. The number of aryl methyl sites for hydroxylation is 1. The second-order valence-corrected chi connectivity index (χ2v) is 8.20. The van der Waals surface area contributed by atoms with E-state index in [1.54, 1.807) is 24.3 Å². The molecule has 0 saturated carbocycles. The van der Waals surface area contributed by atoms with Gasteiger partial charge in [0.25, 0.3) is 0 Å². The van der Waals surface area contributed by atoms with Crippen molar-refractivity contribution in [3.05, 3.63) is 57.7 Å². The van der Waals surface area contributed by atoms with Crippen LogP contribution in [-0.2, 0) is 16.4 Å². The molecule has 116 valence electrons. The Balaban J connectivity index is 1.64. The van der Waals surface area contributed by atoms with E-state index in [1.165, 1.54) is 5.56 Å². The van der Waals surface area contributed by atoms with Crippen molar-refractivity contribution in [3.63, 3.8) is 0 Å². The maximum absolute atomic E-state index is 12.3. The Bertz CT molecular complexity index is 759. The monoisotopic (exact) mass is 429 g/mol. The summed E-state index contributed by atoms with van der Waals surface area (Å²) < 4.78 is 34.0. The van der Waals surface area contributed by atoms with Crippen LogP contribution in [0.5, 0.6) is 5.75 Å². The van der Waals surface area contributed by atoms with Gasteiger partial charge in [0.15, 0.2) is 0 Å². The molecule has 1 aliphatic rings. The molecule has 6 heteroatoms. The number of hydrogen-bond acceptors (Lipinski definition) is 3. The van der Waals surface area contributed by atoms with Crippen molar-refractivity contribution >= 4 is 32.6 Å². The highest BCUT2D eigenvalue weighted by molar-refractivity contribution is 14.1. The van der Waals surface area contributed by atoms with Crippen LogP contribution in [0, 0.1) is 3.57 Å². The molecule has 0 fully saturated rings. The molecule has 0 radical (unpaired) electrons. The quantitative estimate of drug-likeness (QED) is 0.761. The van der Waals surface area contributed by atoms with Crippen LogP contribution in [0.25, 0.3) is 0 Å². The molecular formula is C16H16INO3S. The Kier molecular flexibility index (Phi) is 4.70. The van der Waals surface area contributed by atoms with Gasteiger partial charge in [-0.1, -0.05) is 18.2 Å². The Morgan fingerprint density at radius 1 is 1.14 bits per heavy atom. The fourth-order valence-corrected chi connectivity index (χ4v) is 3.85. The van der Waals surface area contributed by atoms with Gasteiger partial charge in [0.2, 0.25) is 10.0 Å². The number of fused-ring (bicyclic) bond motifs is 1. The van der Waals surface area contributed by atoms with Crippen LogP contribution in [0.3, 0.4) is 0 Å². The zero-order chi connectivity index (χ0) is 15.6. The molecule has 0 aromatic heterocycles. The molecule has 1 unspecified atom stereocenters. The minimum atomic E-state index is -3.49. The molecule has 0 saturated heterocycles. The third kappa shape index (κ3) is 3.61. The first-order valence-electron chi connectivity index (χ1n) is 7.04. The van der Waals surface area contributed by atoms with Crippen molar-refractivity contribution in [2.45, 2.75) is 23.8 Å². The number of para-hydroxylation sites is 1. The molecule has 0 aliphatic carbocycles. The molecule has 1 N–H and O–H groups in total. The summed E-state index contributed by atoms with van der Waals surface area (Å²) in [6.07, 6.45) is 1.59. The third-order valence-corrected chi connectivity index (χ3v) is 5.79. The number of ether oxygens (including phenoxy) is 1. The van der Waals surface area contributed by atoms with Crippen LogP contribution < -0.4 is 9.46 Å². The fourth-order valence-electron chi connectivity index (χ4n) is 2.42. The molecule has 22 heavy (non-hydrogen) atoms. The first kappa shape index (κ1) is 15.8. The molecule has 2 aromatic carbocycles. The van der Waals surface area contributed by atoms with Crippen molar-refractivity contribution in [3.8, 4) is 5.75 Å². The molecule has 2 aromatic rings. The highest BCUT2D eigenvalue weighted by Gasteiger charge is 2.22. The Hall–Kier alpha value is -1.12. The van der Waals surface area contributed by atoms with E-state index in [2.05, 4.69) is 27.3 Å². The van der Waals surface area contributed by atoms with Crippen molar-refractivity contribution in [1.29, 1.82) is 0 Å². The van der Waals surface area contributed by atoms with Crippen molar-refractivity contribution in [2.24, 2.45) is 0 Å². The topological polar surface area (TPSA) is 55.4 Å². The highest BCUT2D eigenvalue weighted by atomic mass is 127. The number of rotatable bonds is 4. The lowest BCUT2D eigenvalue weighted by atomic mass is 10.0. The normalized spacial score (nSPS) is 17.6. The molecule has 0 bridgehead atoms. The van der Waals surface area contributed by atoms with Gasteiger partial charge in [-0.25, -0.2) is 13.1 Å². The van der Waals surface area contributed by atoms with Gasteiger partial charge < -0.3 is 4.74 Å². The van der Waals surface area contributed by atoms with Crippen LogP contribution in [0.2, 0.25) is 0 Å². The smallest absolute Gasteiger partial charge is 0.240 e.